The number of hydrogen-bond donors (Lipinski definition) is 1. The van der Waals surface area contributed by atoms with E-state index in [1.165, 1.54) is 30.5 Å². The second kappa shape index (κ2) is 9.87. The van der Waals surface area contributed by atoms with Gasteiger partial charge in [-0.2, -0.15) is 5.26 Å². The fraction of sp³-hybridized carbons (Fsp3) is 0.125. The van der Waals surface area contributed by atoms with Crippen molar-refractivity contribution in [1.29, 1.82) is 5.26 Å². The summed E-state index contributed by atoms with van der Waals surface area (Å²) in [4.78, 5) is 25.7. The molecule has 0 aromatic carbocycles. The summed E-state index contributed by atoms with van der Waals surface area (Å²) in [5, 5.41) is 17.2. The summed E-state index contributed by atoms with van der Waals surface area (Å²) in [6, 6.07) is 1.44. The maximum atomic E-state index is 10.8. The minimum absolute atomic E-state index is 0.131. The highest BCUT2D eigenvalue weighted by Gasteiger charge is 2.02. The Morgan fingerprint density at radius 1 is 1.19 bits per heavy atom. The van der Waals surface area contributed by atoms with Crippen molar-refractivity contribution in [3.63, 3.8) is 0 Å². The number of carboxylic acids is 1. The Balaban J connectivity index is 5.19. The van der Waals surface area contributed by atoms with Crippen LogP contribution in [0.5, 0.6) is 0 Å². The van der Waals surface area contributed by atoms with Crippen molar-refractivity contribution in [2.24, 2.45) is 4.99 Å². The van der Waals surface area contributed by atoms with E-state index in [0.29, 0.717) is 11.3 Å². The SMILES string of the molecule is C=C(/C=C\C(=C/C)C(=O)O)C(/C=C\C)=N/C=C/C(=O)C#N. The summed E-state index contributed by atoms with van der Waals surface area (Å²) in [6.45, 7) is 7.19. The Labute approximate surface area is 123 Å². The van der Waals surface area contributed by atoms with Gasteiger partial charge in [0.15, 0.2) is 0 Å². The third-order valence-electron chi connectivity index (χ3n) is 2.23. The molecule has 0 heterocycles. The van der Waals surface area contributed by atoms with Crippen molar-refractivity contribution in [2.45, 2.75) is 13.8 Å². The van der Waals surface area contributed by atoms with Crippen molar-refractivity contribution in [3.05, 3.63) is 60.4 Å². The van der Waals surface area contributed by atoms with Gasteiger partial charge in [-0.3, -0.25) is 9.79 Å². The van der Waals surface area contributed by atoms with Crippen molar-refractivity contribution in [3.8, 4) is 6.07 Å². The zero-order valence-corrected chi connectivity index (χ0v) is 11.9. The van der Waals surface area contributed by atoms with Crippen LogP contribution in [0.4, 0.5) is 0 Å². The van der Waals surface area contributed by atoms with Crippen LogP contribution in [0.2, 0.25) is 0 Å². The van der Waals surface area contributed by atoms with Gasteiger partial charge in [0, 0.05) is 12.3 Å². The van der Waals surface area contributed by atoms with E-state index < -0.39 is 11.8 Å². The molecule has 0 rings (SSSR count). The first-order valence-electron chi connectivity index (χ1n) is 6.04. The molecule has 0 aliphatic carbocycles. The number of carbonyl (C=O) groups excluding carboxylic acids is 1. The lowest BCUT2D eigenvalue weighted by molar-refractivity contribution is -0.132. The normalized spacial score (nSPS) is 13.0. The van der Waals surface area contributed by atoms with E-state index in [1.54, 1.807) is 26.0 Å². The third kappa shape index (κ3) is 7.23. The van der Waals surface area contributed by atoms with Gasteiger partial charge in [-0.1, -0.05) is 24.8 Å². The van der Waals surface area contributed by atoms with E-state index in [-0.39, 0.29) is 5.57 Å². The van der Waals surface area contributed by atoms with Gasteiger partial charge >= 0.3 is 5.97 Å². The monoisotopic (exact) mass is 284 g/mol. The summed E-state index contributed by atoms with van der Waals surface area (Å²) in [5.41, 5.74) is 1.06. The first-order valence-corrected chi connectivity index (χ1v) is 6.04. The van der Waals surface area contributed by atoms with E-state index in [9.17, 15) is 9.59 Å². The number of nitrogens with zero attached hydrogens (tertiary/aromatic N) is 2. The molecule has 5 nitrogen and oxygen atoms in total. The minimum atomic E-state index is -1.04. The highest BCUT2D eigenvalue weighted by molar-refractivity contribution is 6.10. The Morgan fingerprint density at radius 3 is 2.33 bits per heavy atom. The van der Waals surface area contributed by atoms with Crippen LogP contribution in [0.15, 0.2) is 65.4 Å². The van der Waals surface area contributed by atoms with E-state index in [1.807, 2.05) is 0 Å². The van der Waals surface area contributed by atoms with Crippen LogP contribution >= 0.6 is 0 Å². The molecule has 0 bridgehead atoms. The molecule has 21 heavy (non-hydrogen) atoms. The lowest BCUT2D eigenvalue weighted by Crippen LogP contribution is -1.99. The van der Waals surface area contributed by atoms with Gasteiger partial charge in [-0.25, -0.2) is 4.79 Å². The first kappa shape index (κ1) is 18.0. The van der Waals surface area contributed by atoms with Crippen molar-refractivity contribution in [2.75, 3.05) is 0 Å². The number of aliphatic imine (C=N–C) groups is 1. The van der Waals surface area contributed by atoms with Gasteiger partial charge < -0.3 is 5.11 Å². The van der Waals surface area contributed by atoms with Crippen molar-refractivity contribution in [1.82, 2.24) is 0 Å². The Kier molecular flexibility index (Phi) is 8.46. The molecule has 0 radical (unpaired) electrons. The number of allylic oxidation sites excluding steroid dienone is 6. The summed E-state index contributed by atoms with van der Waals surface area (Å²) < 4.78 is 0. The summed E-state index contributed by atoms with van der Waals surface area (Å²) in [5.74, 6) is -1.74. The first-order chi connectivity index (χ1) is 9.96. The number of hydrogen-bond acceptors (Lipinski definition) is 4. The van der Waals surface area contributed by atoms with Crippen LogP contribution in [-0.2, 0) is 9.59 Å². The van der Waals surface area contributed by atoms with E-state index >= 15 is 0 Å². The molecule has 1 N–H and O–H groups in total. The van der Waals surface area contributed by atoms with Crippen molar-refractivity contribution >= 4 is 17.5 Å². The lowest BCUT2D eigenvalue weighted by Gasteiger charge is -1.99. The quantitative estimate of drug-likeness (QED) is 0.337. The van der Waals surface area contributed by atoms with Gasteiger partial charge in [-0.15, -0.1) is 0 Å². The predicted octanol–water partition coefficient (Wildman–Crippen LogP) is 2.75. The van der Waals surface area contributed by atoms with E-state index in [0.717, 1.165) is 6.08 Å². The van der Waals surface area contributed by atoms with Gasteiger partial charge in [0.1, 0.15) is 6.07 Å². The molecule has 0 saturated carbocycles. The third-order valence-corrected chi connectivity index (χ3v) is 2.23. The molecule has 0 saturated heterocycles. The fourth-order valence-corrected chi connectivity index (χ4v) is 1.18. The summed E-state index contributed by atoms with van der Waals surface area (Å²) in [7, 11) is 0. The molecular formula is C16H16N2O3. The van der Waals surface area contributed by atoms with Crippen LogP contribution < -0.4 is 0 Å². The molecule has 0 amide bonds. The van der Waals surface area contributed by atoms with Gasteiger partial charge in [-0.05, 0) is 31.6 Å². The molecule has 0 fully saturated rings. The van der Waals surface area contributed by atoms with Crippen LogP contribution in [0.3, 0.4) is 0 Å². The summed E-state index contributed by atoms with van der Waals surface area (Å²) in [6.07, 6.45) is 10.0. The number of aliphatic carboxylic acids is 1. The van der Waals surface area contributed by atoms with E-state index in [2.05, 4.69) is 11.6 Å². The van der Waals surface area contributed by atoms with Crippen LogP contribution in [0.25, 0.3) is 0 Å². The highest BCUT2D eigenvalue weighted by atomic mass is 16.4. The van der Waals surface area contributed by atoms with Gasteiger partial charge in [0.2, 0.25) is 0 Å². The molecular weight excluding hydrogens is 268 g/mol. The van der Waals surface area contributed by atoms with E-state index in [4.69, 9.17) is 10.4 Å². The minimum Gasteiger partial charge on any atom is -0.478 e. The average molecular weight is 284 g/mol. The Hall–Kier alpha value is -3.00. The smallest absolute Gasteiger partial charge is 0.335 e. The number of carbonyl (C=O) groups is 2. The van der Waals surface area contributed by atoms with Gasteiger partial charge in [0.05, 0.1) is 11.3 Å². The zero-order chi connectivity index (χ0) is 16.3. The predicted molar refractivity (Wildman–Crippen MR) is 81.7 cm³/mol. The average Bonchev–Trinajstić information content (AvgIpc) is 2.46. The molecule has 0 spiro atoms. The molecule has 108 valence electrons. The fourth-order valence-electron chi connectivity index (χ4n) is 1.18. The van der Waals surface area contributed by atoms with Crippen LogP contribution in [-0.4, -0.2) is 22.6 Å². The maximum absolute atomic E-state index is 10.8. The number of rotatable bonds is 7. The van der Waals surface area contributed by atoms with Crippen LogP contribution in [0.1, 0.15) is 13.8 Å². The molecule has 0 aliphatic heterocycles. The number of nitriles is 1. The number of ketones is 1. The van der Waals surface area contributed by atoms with Crippen LogP contribution in [0, 0.1) is 11.3 Å². The topological polar surface area (TPSA) is 90.5 Å². The second-order valence-electron chi connectivity index (χ2n) is 3.71. The molecule has 0 aromatic heterocycles. The number of carboxylic acid groups (broad SMARTS) is 1. The zero-order valence-electron chi connectivity index (χ0n) is 11.9. The molecule has 0 aromatic rings. The molecule has 5 heteroatoms. The maximum Gasteiger partial charge on any atom is 0.335 e. The highest BCUT2D eigenvalue weighted by Crippen LogP contribution is 2.05. The Bertz CT molecular complexity index is 612. The molecule has 0 unspecified atom stereocenters. The van der Waals surface area contributed by atoms with Gasteiger partial charge in [0.25, 0.3) is 5.78 Å². The summed E-state index contributed by atoms with van der Waals surface area (Å²) >= 11 is 0. The molecule has 0 aliphatic rings. The largest absolute Gasteiger partial charge is 0.478 e. The Morgan fingerprint density at radius 2 is 1.86 bits per heavy atom. The molecule has 0 atom stereocenters. The lowest BCUT2D eigenvalue weighted by atomic mass is 10.1. The van der Waals surface area contributed by atoms with Crippen molar-refractivity contribution < 1.29 is 14.7 Å². The standard InChI is InChI=1S/C16H16N2O3/c1-4-6-15(18-10-9-14(19)11-17)12(3)7-8-13(5-2)16(20)21/h4-10H,3H2,1-2H3,(H,20,21)/b6-4-,8-7-,10-9+,13-5+,18-15+. The second-order valence-corrected chi connectivity index (χ2v) is 3.71.